The highest BCUT2D eigenvalue weighted by Crippen LogP contribution is 2.19. The number of rotatable bonds is 3. The van der Waals surface area contributed by atoms with E-state index in [1.807, 2.05) is 0 Å². The molecular weight excluding hydrogens is 325 g/mol. The van der Waals surface area contributed by atoms with Gasteiger partial charge in [-0.3, -0.25) is 4.57 Å². The number of aromatic nitrogens is 1. The number of hydrogen-bond acceptors (Lipinski definition) is 4. The van der Waals surface area contributed by atoms with Crippen molar-refractivity contribution in [3.63, 3.8) is 0 Å². The Kier molecular flexibility index (Phi) is 3.92. The molecule has 0 saturated carbocycles. The van der Waals surface area contributed by atoms with Crippen LogP contribution < -0.4 is 5.76 Å². The van der Waals surface area contributed by atoms with Gasteiger partial charge in [0.25, 0.3) is 0 Å². The van der Waals surface area contributed by atoms with E-state index in [2.05, 4.69) is 4.74 Å². The fraction of sp³-hybridized carbons (Fsp3) is 0.125. The Morgan fingerprint density at radius 1 is 1.30 bits per heavy atom. The van der Waals surface area contributed by atoms with E-state index in [4.69, 9.17) is 16.0 Å². The van der Waals surface area contributed by atoms with Gasteiger partial charge in [-0.2, -0.15) is 0 Å². The lowest BCUT2D eigenvalue weighted by molar-refractivity contribution is 0.0601. The maximum atomic E-state index is 13.9. The molecule has 0 radical (unpaired) electrons. The lowest BCUT2D eigenvalue weighted by Crippen LogP contribution is -2.15. The van der Waals surface area contributed by atoms with Crippen LogP contribution >= 0.6 is 11.6 Å². The molecule has 0 aliphatic carbocycles. The molecule has 3 rings (SSSR count). The Morgan fingerprint density at radius 2 is 2.09 bits per heavy atom. The molecule has 0 N–H and O–H groups in total. The summed E-state index contributed by atoms with van der Waals surface area (Å²) in [5.41, 5.74) is 1.25. The Morgan fingerprint density at radius 3 is 2.78 bits per heavy atom. The summed E-state index contributed by atoms with van der Waals surface area (Å²) in [4.78, 5) is 23.5. The van der Waals surface area contributed by atoms with Crippen molar-refractivity contribution >= 4 is 28.7 Å². The summed E-state index contributed by atoms with van der Waals surface area (Å²) in [6, 6.07) is 8.71. The number of oxazole rings is 1. The Balaban J connectivity index is 2.06. The molecule has 23 heavy (non-hydrogen) atoms. The minimum absolute atomic E-state index is 0.00753. The first-order valence-electron chi connectivity index (χ1n) is 6.65. The van der Waals surface area contributed by atoms with Crippen LogP contribution in [-0.2, 0) is 11.3 Å². The van der Waals surface area contributed by atoms with E-state index in [0.29, 0.717) is 11.1 Å². The highest BCUT2D eigenvalue weighted by molar-refractivity contribution is 6.30. The van der Waals surface area contributed by atoms with Crippen molar-refractivity contribution in [3.8, 4) is 0 Å². The number of fused-ring (bicyclic) bond motifs is 1. The van der Waals surface area contributed by atoms with Crippen molar-refractivity contribution in [1.29, 1.82) is 0 Å². The van der Waals surface area contributed by atoms with Gasteiger partial charge in [-0.1, -0.05) is 17.7 Å². The van der Waals surface area contributed by atoms with Crippen LogP contribution in [0.5, 0.6) is 0 Å². The summed E-state index contributed by atoms with van der Waals surface area (Å²) >= 11 is 5.72. The first-order valence-corrected chi connectivity index (χ1v) is 7.03. The highest BCUT2D eigenvalue weighted by Gasteiger charge is 2.14. The van der Waals surface area contributed by atoms with Gasteiger partial charge in [0.2, 0.25) is 0 Å². The predicted molar refractivity (Wildman–Crippen MR) is 82.3 cm³/mol. The van der Waals surface area contributed by atoms with Crippen molar-refractivity contribution < 1.29 is 18.3 Å². The molecular formula is C16H11ClFNO4. The topological polar surface area (TPSA) is 61.4 Å². The van der Waals surface area contributed by atoms with Crippen LogP contribution in [0.15, 0.2) is 45.6 Å². The number of ether oxygens (including phenoxy) is 1. The van der Waals surface area contributed by atoms with Crippen molar-refractivity contribution in [3.05, 3.63) is 68.9 Å². The summed E-state index contributed by atoms with van der Waals surface area (Å²) in [5, 5.41) is 0.276. The molecule has 1 aromatic heterocycles. The molecule has 2 aromatic carbocycles. The molecule has 0 bridgehead atoms. The molecule has 118 valence electrons. The van der Waals surface area contributed by atoms with E-state index >= 15 is 0 Å². The van der Waals surface area contributed by atoms with Gasteiger partial charge in [0.1, 0.15) is 5.82 Å². The Labute approximate surface area is 134 Å². The standard InChI is InChI=1S/C16H11ClFNO4/c1-22-15(20)9-3-5-13-14(6-9)23-16(21)19(13)8-10-2-4-11(17)7-12(10)18/h2-7H,8H2,1H3. The first-order chi connectivity index (χ1) is 11.0. The third-order valence-corrected chi connectivity index (χ3v) is 3.67. The summed E-state index contributed by atoms with van der Waals surface area (Å²) in [6.07, 6.45) is 0. The number of halogens is 2. The Hall–Kier alpha value is -2.60. The number of carbonyl (C=O) groups excluding carboxylic acids is 1. The molecule has 0 aliphatic heterocycles. The maximum Gasteiger partial charge on any atom is 0.420 e. The largest absolute Gasteiger partial charge is 0.465 e. The second-order valence-electron chi connectivity index (χ2n) is 4.86. The van der Waals surface area contributed by atoms with E-state index in [1.165, 1.54) is 35.9 Å². The van der Waals surface area contributed by atoms with Crippen molar-refractivity contribution in [1.82, 2.24) is 4.57 Å². The molecule has 0 unspecified atom stereocenters. The number of methoxy groups -OCH3 is 1. The first kappa shape index (κ1) is 15.3. The number of benzene rings is 2. The molecule has 0 aliphatic rings. The maximum absolute atomic E-state index is 13.9. The SMILES string of the molecule is COC(=O)c1ccc2c(c1)oc(=O)n2Cc1ccc(Cl)cc1F. The van der Waals surface area contributed by atoms with Crippen LogP contribution in [0.1, 0.15) is 15.9 Å². The minimum atomic E-state index is -0.642. The fourth-order valence-corrected chi connectivity index (χ4v) is 2.44. The van der Waals surface area contributed by atoms with Crippen LogP contribution in [0.4, 0.5) is 4.39 Å². The quantitative estimate of drug-likeness (QED) is 0.689. The van der Waals surface area contributed by atoms with E-state index in [9.17, 15) is 14.0 Å². The molecule has 0 saturated heterocycles. The average Bonchev–Trinajstić information content (AvgIpc) is 2.84. The average molecular weight is 336 g/mol. The van der Waals surface area contributed by atoms with Crippen LogP contribution in [0.25, 0.3) is 11.1 Å². The third-order valence-electron chi connectivity index (χ3n) is 3.43. The van der Waals surface area contributed by atoms with Gasteiger partial charge < -0.3 is 9.15 Å². The predicted octanol–water partition coefficient (Wildman–Crippen LogP) is 3.22. The van der Waals surface area contributed by atoms with E-state index in [0.717, 1.165) is 0 Å². The molecule has 0 atom stereocenters. The smallest absolute Gasteiger partial charge is 0.420 e. The molecule has 5 nitrogen and oxygen atoms in total. The normalized spacial score (nSPS) is 10.9. The zero-order valence-electron chi connectivity index (χ0n) is 12.0. The molecule has 0 amide bonds. The summed E-state index contributed by atoms with van der Waals surface area (Å²) in [7, 11) is 1.26. The number of nitrogens with zero attached hydrogens (tertiary/aromatic N) is 1. The molecule has 0 fully saturated rings. The van der Waals surface area contributed by atoms with Crippen LogP contribution in [0.2, 0.25) is 5.02 Å². The summed E-state index contributed by atoms with van der Waals surface area (Å²) in [6.45, 7) is -0.00753. The van der Waals surface area contributed by atoms with Gasteiger partial charge in [0, 0.05) is 10.6 Å². The van der Waals surface area contributed by atoms with Crippen LogP contribution in [0, 0.1) is 5.82 Å². The summed E-state index contributed by atoms with van der Waals surface area (Å²) < 4.78 is 24.9. The van der Waals surface area contributed by atoms with Crippen molar-refractivity contribution in [2.45, 2.75) is 6.54 Å². The molecule has 3 aromatic rings. The van der Waals surface area contributed by atoms with Gasteiger partial charge in [0.05, 0.1) is 24.7 Å². The van der Waals surface area contributed by atoms with Crippen LogP contribution in [0.3, 0.4) is 0 Å². The lowest BCUT2D eigenvalue weighted by Gasteiger charge is -2.05. The zero-order chi connectivity index (χ0) is 16.6. The Bertz CT molecular complexity index is 960. The lowest BCUT2D eigenvalue weighted by atomic mass is 10.2. The van der Waals surface area contributed by atoms with Gasteiger partial charge in [-0.15, -0.1) is 0 Å². The second-order valence-corrected chi connectivity index (χ2v) is 5.30. The fourth-order valence-electron chi connectivity index (χ4n) is 2.28. The minimum Gasteiger partial charge on any atom is -0.465 e. The molecule has 1 heterocycles. The summed E-state index contributed by atoms with van der Waals surface area (Å²) in [5.74, 6) is -1.69. The van der Waals surface area contributed by atoms with Crippen LogP contribution in [-0.4, -0.2) is 17.6 Å². The monoisotopic (exact) mass is 335 g/mol. The zero-order valence-corrected chi connectivity index (χ0v) is 12.8. The van der Waals surface area contributed by atoms with Gasteiger partial charge in [-0.25, -0.2) is 14.0 Å². The molecule has 7 heteroatoms. The van der Waals surface area contributed by atoms with E-state index in [1.54, 1.807) is 12.1 Å². The number of esters is 1. The van der Waals surface area contributed by atoms with Crippen molar-refractivity contribution in [2.75, 3.05) is 7.11 Å². The number of carbonyl (C=O) groups is 1. The second kappa shape index (κ2) is 5.89. The van der Waals surface area contributed by atoms with Gasteiger partial charge in [0.15, 0.2) is 5.58 Å². The highest BCUT2D eigenvalue weighted by atomic mass is 35.5. The van der Waals surface area contributed by atoms with Crippen molar-refractivity contribution in [2.24, 2.45) is 0 Å². The van der Waals surface area contributed by atoms with Gasteiger partial charge in [-0.05, 0) is 30.3 Å². The van der Waals surface area contributed by atoms with E-state index < -0.39 is 17.5 Å². The third kappa shape index (κ3) is 2.85. The van der Waals surface area contributed by atoms with E-state index in [-0.39, 0.29) is 22.7 Å². The van der Waals surface area contributed by atoms with Gasteiger partial charge >= 0.3 is 11.7 Å². The molecule has 0 spiro atoms. The number of hydrogen-bond donors (Lipinski definition) is 0.